The summed E-state index contributed by atoms with van der Waals surface area (Å²) in [6, 6.07) is 0. The van der Waals surface area contributed by atoms with Gasteiger partial charge in [0.1, 0.15) is 0 Å². The van der Waals surface area contributed by atoms with Crippen LogP contribution in [0.2, 0.25) is 0 Å². The zero-order valence-electron chi connectivity index (χ0n) is 9.29. The molecule has 5 aliphatic rings. The topological polar surface area (TPSA) is 0 Å². The van der Waals surface area contributed by atoms with Gasteiger partial charge >= 0.3 is 0 Å². The summed E-state index contributed by atoms with van der Waals surface area (Å²) in [5, 5.41) is 0. The molecule has 76 valence electrons. The van der Waals surface area contributed by atoms with Gasteiger partial charge < -0.3 is 0 Å². The maximum absolute atomic E-state index is 2.53. The minimum atomic E-state index is 0.814. The van der Waals surface area contributed by atoms with E-state index in [4.69, 9.17) is 0 Å². The fourth-order valence-corrected chi connectivity index (χ4v) is 6.02. The molecule has 4 unspecified atom stereocenters. The van der Waals surface area contributed by atoms with Gasteiger partial charge in [0.15, 0.2) is 0 Å². The standard InChI is InChI=1S/C14H20/c1-3-4-11-5-9(2)14-8-12(14)10-6-13(11,14)7-10/h3-4,9-12H,5-8H2,1-2H3. The zero-order valence-corrected chi connectivity index (χ0v) is 9.29. The normalized spacial score (nSPS) is 67.9. The molecule has 0 heterocycles. The van der Waals surface area contributed by atoms with E-state index in [-0.39, 0.29) is 0 Å². The molecule has 0 heteroatoms. The van der Waals surface area contributed by atoms with E-state index in [1.54, 1.807) is 19.3 Å². The SMILES string of the molecule is CC=CC1CC(C)C23CC2C2CC13C2. The van der Waals surface area contributed by atoms with E-state index in [0.717, 1.165) is 28.6 Å². The predicted octanol–water partition coefficient (Wildman–Crippen LogP) is 3.63. The van der Waals surface area contributed by atoms with Gasteiger partial charge in [0.05, 0.1) is 0 Å². The Kier molecular flexibility index (Phi) is 1.13. The van der Waals surface area contributed by atoms with Crippen molar-refractivity contribution in [1.82, 2.24) is 0 Å². The second-order valence-electron chi connectivity index (χ2n) is 6.44. The van der Waals surface area contributed by atoms with Crippen LogP contribution in [0.5, 0.6) is 0 Å². The Morgan fingerprint density at radius 3 is 2.64 bits per heavy atom. The van der Waals surface area contributed by atoms with Crippen LogP contribution in [0.4, 0.5) is 0 Å². The molecule has 0 radical (unpaired) electrons. The van der Waals surface area contributed by atoms with Crippen LogP contribution in [0.3, 0.4) is 0 Å². The van der Waals surface area contributed by atoms with Crippen molar-refractivity contribution in [2.75, 3.05) is 0 Å². The molecule has 0 amide bonds. The lowest BCUT2D eigenvalue weighted by Gasteiger charge is -2.47. The monoisotopic (exact) mass is 188 g/mol. The molecule has 0 aromatic rings. The molecule has 14 heavy (non-hydrogen) atoms. The molecule has 0 nitrogen and oxygen atoms in total. The van der Waals surface area contributed by atoms with Crippen molar-refractivity contribution in [2.45, 2.75) is 39.5 Å². The second kappa shape index (κ2) is 1.99. The lowest BCUT2D eigenvalue weighted by molar-refractivity contribution is 0.0349. The van der Waals surface area contributed by atoms with Gasteiger partial charge in [-0.05, 0) is 67.1 Å². The highest BCUT2D eigenvalue weighted by Gasteiger charge is 2.85. The van der Waals surface area contributed by atoms with Gasteiger partial charge in [0.25, 0.3) is 0 Å². The summed E-state index contributed by atoms with van der Waals surface area (Å²) in [4.78, 5) is 0. The zero-order chi connectivity index (χ0) is 9.55. The Morgan fingerprint density at radius 2 is 2.00 bits per heavy atom. The Balaban J connectivity index is 1.81. The molecule has 5 rings (SSSR count). The van der Waals surface area contributed by atoms with Crippen LogP contribution in [0.1, 0.15) is 39.5 Å². The average Bonchev–Trinajstić information content (AvgIpc) is 2.59. The van der Waals surface area contributed by atoms with Crippen molar-refractivity contribution < 1.29 is 0 Å². The third-order valence-electron chi connectivity index (χ3n) is 6.43. The van der Waals surface area contributed by atoms with Gasteiger partial charge in [0, 0.05) is 0 Å². The summed E-state index contributed by atoms with van der Waals surface area (Å²) >= 11 is 0. The van der Waals surface area contributed by atoms with Crippen molar-refractivity contribution in [2.24, 2.45) is 34.5 Å². The summed E-state index contributed by atoms with van der Waals surface area (Å²) in [7, 11) is 0. The first-order valence-electron chi connectivity index (χ1n) is 6.37. The van der Waals surface area contributed by atoms with Crippen LogP contribution in [0.25, 0.3) is 0 Å². The van der Waals surface area contributed by atoms with Gasteiger partial charge in [-0.15, -0.1) is 0 Å². The van der Waals surface area contributed by atoms with Crippen LogP contribution in [-0.2, 0) is 0 Å². The Morgan fingerprint density at radius 1 is 1.21 bits per heavy atom. The first-order chi connectivity index (χ1) is 6.74. The molecule has 4 atom stereocenters. The molecule has 0 aromatic carbocycles. The van der Waals surface area contributed by atoms with Crippen LogP contribution in [0.15, 0.2) is 12.2 Å². The minimum Gasteiger partial charge on any atom is -0.0914 e. The fraction of sp³-hybridized carbons (Fsp3) is 0.857. The van der Waals surface area contributed by atoms with Crippen molar-refractivity contribution >= 4 is 0 Å². The number of allylic oxidation sites excluding steroid dienone is 2. The first kappa shape index (κ1) is 7.96. The van der Waals surface area contributed by atoms with Crippen molar-refractivity contribution in [1.29, 1.82) is 0 Å². The molecule has 2 spiro atoms. The number of rotatable bonds is 1. The second-order valence-corrected chi connectivity index (χ2v) is 6.44. The van der Waals surface area contributed by atoms with Gasteiger partial charge in [0.2, 0.25) is 0 Å². The number of hydrogen-bond donors (Lipinski definition) is 0. The Bertz CT molecular complexity index is 321. The van der Waals surface area contributed by atoms with Crippen molar-refractivity contribution in [3.8, 4) is 0 Å². The third-order valence-corrected chi connectivity index (χ3v) is 6.43. The van der Waals surface area contributed by atoms with Crippen LogP contribution in [-0.4, -0.2) is 0 Å². The van der Waals surface area contributed by atoms with Crippen molar-refractivity contribution in [3.63, 3.8) is 0 Å². The van der Waals surface area contributed by atoms with E-state index in [0.29, 0.717) is 0 Å². The van der Waals surface area contributed by atoms with Crippen LogP contribution >= 0.6 is 0 Å². The summed E-state index contributed by atoms with van der Waals surface area (Å²) in [5.74, 6) is 4.31. The lowest BCUT2D eigenvalue weighted by atomic mass is 9.57. The lowest BCUT2D eigenvalue weighted by Crippen LogP contribution is -2.39. The third kappa shape index (κ3) is 0.526. The predicted molar refractivity (Wildman–Crippen MR) is 57.8 cm³/mol. The first-order valence-corrected chi connectivity index (χ1v) is 6.37. The smallest absolute Gasteiger partial charge is 0.0167 e. The molecule has 0 N–H and O–H groups in total. The summed E-state index contributed by atoms with van der Waals surface area (Å²) in [6.45, 7) is 4.73. The molecule has 5 aliphatic carbocycles. The van der Waals surface area contributed by atoms with Gasteiger partial charge in [-0.1, -0.05) is 19.1 Å². The highest BCUT2D eigenvalue weighted by Crippen LogP contribution is 2.91. The number of hydrogen-bond acceptors (Lipinski definition) is 0. The molecule has 5 saturated carbocycles. The van der Waals surface area contributed by atoms with E-state index in [1.165, 1.54) is 12.3 Å². The maximum atomic E-state index is 2.53. The van der Waals surface area contributed by atoms with E-state index in [1.807, 2.05) is 0 Å². The van der Waals surface area contributed by atoms with Gasteiger partial charge in [-0.2, -0.15) is 0 Å². The maximum Gasteiger partial charge on any atom is -0.0167 e. The van der Waals surface area contributed by atoms with E-state index in [9.17, 15) is 0 Å². The van der Waals surface area contributed by atoms with Crippen LogP contribution in [0, 0.1) is 34.5 Å². The molecule has 0 aliphatic heterocycles. The van der Waals surface area contributed by atoms with Gasteiger partial charge in [-0.25, -0.2) is 0 Å². The average molecular weight is 188 g/mol. The minimum absolute atomic E-state index is 0.814. The highest BCUT2D eigenvalue weighted by molar-refractivity contribution is 5.35. The summed E-state index contributed by atoms with van der Waals surface area (Å²) < 4.78 is 0. The molecular formula is C14H20. The summed E-state index contributed by atoms with van der Waals surface area (Å²) in [5.41, 5.74) is 1.68. The largest absolute Gasteiger partial charge is 0.0914 e. The molecular weight excluding hydrogens is 168 g/mol. The Labute approximate surface area is 86.8 Å². The van der Waals surface area contributed by atoms with Crippen LogP contribution < -0.4 is 0 Å². The molecule has 2 bridgehead atoms. The quantitative estimate of drug-likeness (QED) is 0.551. The Hall–Kier alpha value is -0.260. The fourth-order valence-electron chi connectivity index (χ4n) is 6.02. The van der Waals surface area contributed by atoms with Gasteiger partial charge in [-0.3, -0.25) is 0 Å². The molecule has 0 aromatic heterocycles. The van der Waals surface area contributed by atoms with E-state index >= 15 is 0 Å². The van der Waals surface area contributed by atoms with E-state index < -0.39 is 0 Å². The summed E-state index contributed by atoms with van der Waals surface area (Å²) in [6.07, 6.45) is 11.1. The molecule has 0 saturated heterocycles. The van der Waals surface area contributed by atoms with E-state index in [2.05, 4.69) is 26.0 Å². The highest BCUT2D eigenvalue weighted by atomic mass is 14.9. The van der Waals surface area contributed by atoms with Crippen molar-refractivity contribution in [3.05, 3.63) is 12.2 Å². The molecule has 5 fully saturated rings.